The standard InChI is InChI=1S/C17H20O3.C3H4O2/c1-4-20-16-11-13(7-10-15(16)19)17(2,3)12-5-8-14(18)9-6-12;1-2-3(4)5/h5-11,18-19H,4H2,1-3H3;2H,1H2,(H,4,5). The highest BCUT2D eigenvalue weighted by atomic mass is 16.5. The normalized spacial score (nSPS) is 10.4. The molecule has 0 saturated heterocycles. The highest BCUT2D eigenvalue weighted by molar-refractivity contribution is 5.78. The molecule has 2 rings (SSSR count). The largest absolute Gasteiger partial charge is 0.508 e. The minimum absolute atomic E-state index is 0.150. The lowest BCUT2D eigenvalue weighted by Crippen LogP contribution is -2.18. The molecule has 25 heavy (non-hydrogen) atoms. The average molecular weight is 344 g/mol. The van der Waals surface area contributed by atoms with Gasteiger partial charge in [-0.25, -0.2) is 4.79 Å². The van der Waals surface area contributed by atoms with Gasteiger partial charge in [0.2, 0.25) is 0 Å². The van der Waals surface area contributed by atoms with Crippen LogP contribution in [0.15, 0.2) is 55.1 Å². The Morgan fingerprint density at radius 2 is 1.64 bits per heavy atom. The topological polar surface area (TPSA) is 87.0 Å². The Labute approximate surface area is 147 Å². The van der Waals surface area contributed by atoms with Gasteiger partial charge in [-0.1, -0.05) is 38.6 Å². The van der Waals surface area contributed by atoms with Gasteiger partial charge in [-0.15, -0.1) is 0 Å². The smallest absolute Gasteiger partial charge is 0.327 e. The number of carboxylic acids is 1. The predicted octanol–water partition coefficient (Wildman–Crippen LogP) is 4.08. The van der Waals surface area contributed by atoms with Gasteiger partial charge < -0.3 is 20.1 Å². The molecule has 0 amide bonds. The van der Waals surface area contributed by atoms with Gasteiger partial charge in [0.15, 0.2) is 11.5 Å². The average Bonchev–Trinajstić information content (AvgIpc) is 2.58. The van der Waals surface area contributed by atoms with Gasteiger partial charge >= 0.3 is 5.97 Å². The summed E-state index contributed by atoms with van der Waals surface area (Å²) in [5.74, 6) is -0.0794. The lowest BCUT2D eigenvalue weighted by atomic mass is 9.78. The molecule has 0 unspecified atom stereocenters. The summed E-state index contributed by atoms with van der Waals surface area (Å²) in [6, 6.07) is 12.6. The summed E-state index contributed by atoms with van der Waals surface area (Å²) >= 11 is 0. The van der Waals surface area contributed by atoms with Crippen LogP contribution >= 0.6 is 0 Å². The van der Waals surface area contributed by atoms with Crippen molar-refractivity contribution in [3.05, 3.63) is 66.2 Å². The van der Waals surface area contributed by atoms with Crippen LogP contribution in [0, 0.1) is 0 Å². The van der Waals surface area contributed by atoms with Gasteiger partial charge in [-0.3, -0.25) is 0 Å². The molecule has 2 aromatic carbocycles. The van der Waals surface area contributed by atoms with Crippen molar-refractivity contribution in [3.8, 4) is 17.2 Å². The first kappa shape index (κ1) is 20.1. The van der Waals surface area contributed by atoms with Crippen LogP contribution in [0.5, 0.6) is 17.2 Å². The number of aromatic hydroxyl groups is 2. The number of carboxylic acid groups (broad SMARTS) is 1. The monoisotopic (exact) mass is 344 g/mol. The fraction of sp³-hybridized carbons (Fsp3) is 0.250. The Balaban J connectivity index is 0.000000550. The van der Waals surface area contributed by atoms with Crippen LogP contribution in [0.1, 0.15) is 31.9 Å². The van der Waals surface area contributed by atoms with Crippen molar-refractivity contribution < 1.29 is 24.9 Å². The molecule has 0 aliphatic carbocycles. The Morgan fingerprint density at radius 3 is 2.12 bits per heavy atom. The van der Waals surface area contributed by atoms with Crippen LogP contribution in [0.4, 0.5) is 0 Å². The van der Waals surface area contributed by atoms with E-state index < -0.39 is 5.97 Å². The second kappa shape index (κ2) is 8.78. The van der Waals surface area contributed by atoms with Crippen molar-refractivity contribution in [2.75, 3.05) is 6.61 Å². The molecule has 2 aromatic rings. The van der Waals surface area contributed by atoms with E-state index in [1.165, 1.54) is 0 Å². The molecule has 5 nitrogen and oxygen atoms in total. The fourth-order valence-electron chi connectivity index (χ4n) is 2.22. The Bertz CT molecular complexity index is 717. The van der Waals surface area contributed by atoms with E-state index in [1.807, 2.05) is 31.2 Å². The van der Waals surface area contributed by atoms with Crippen molar-refractivity contribution in [1.29, 1.82) is 0 Å². The third-order valence-corrected chi connectivity index (χ3v) is 3.74. The molecule has 5 heteroatoms. The molecule has 0 aliphatic heterocycles. The molecule has 0 aliphatic rings. The number of phenols is 2. The highest BCUT2D eigenvalue weighted by Crippen LogP contribution is 2.37. The Morgan fingerprint density at radius 1 is 1.12 bits per heavy atom. The van der Waals surface area contributed by atoms with E-state index in [1.54, 1.807) is 18.2 Å². The van der Waals surface area contributed by atoms with E-state index in [-0.39, 0.29) is 16.9 Å². The molecule has 0 bridgehead atoms. The van der Waals surface area contributed by atoms with Crippen LogP contribution in [0.2, 0.25) is 0 Å². The molecule has 134 valence electrons. The summed E-state index contributed by atoms with van der Waals surface area (Å²) in [6.45, 7) is 9.55. The second-order valence-electron chi connectivity index (χ2n) is 5.83. The number of hydrogen-bond acceptors (Lipinski definition) is 4. The van der Waals surface area contributed by atoms with Crippen LogP contribution in [0.3, 0.4) is 0 Å². The Hall–Kier alpha value is -2.95. The van der Waals surface area contributed by atoms with E-state index in [2.05, 4.69) is 20.4 Å². The third kappa shape index (κ3) is 5.57. The van der Waals surface area contributed by atoms with Gasteiger partial charge in [0.1, 0.15) is 5.75 Å². The molecule has 3 N–H and O–H groups in total. The highest BCUT2D eigenvalue weighted by Gasteiger charge is 2.24. The van der Waals surface area contributed by atoms with Gasteiger partial charge in [-0.05, 0) is 42.3 Å². The van der Waals surface area contributed by atoms with Gasteiger partial charge in [-0.2, -0.15) is 0 Å². The summed E-state index contributed by atoms with van der Waals surface area (Å²) in [5, 5.41) is 26.8. The third-order valence-electron chi connectivity index (χ3n) is 3.74. The summed E-state index contributed by atoms with van der Waals surface area (Å²) < 4.78 is 5.44. The lowest BCUT2D eigenvalue weighted by molar-refractivity contribution is -0.131. The molecule has 0 saturated carbocycles. The number of benzene rings is 2. The van der Waals surface area contributed by atoms with E-state index in [9.17, 15) is 15.0 Å². The van der Waals surface area contributed by atoms with E-state index in [0.717, 1.165) is 17.2 Å². The van der Waals surface area contributed by atoms with Crippen molar-refractivity contribution in [3.63, 3.8) is 0 Å². The first-order chi connectivity index (χ1) is 11.7. The number of carbonyl (C=O) groups is 1. The SMILES string of the molecule is C=CC(=O)O.CCOc1cc(C(C)(C)c2ccc(O)cc2)ccc1O. The summed E-state index contributed by atoms with van der Waals surface area (Å²) in [6.07, 6.45) is 0.833. The number of hydrogen-bond donors (Lipinski definition) is 3. The molecule has 0 spiro atoms. The van der Waals surface area contributed by atoms with Gasteiger partial charge in [0.25, 0.3) is 0 Å². The number of rotatable bonds is 5. The van der Waals surface area contributed by atoms with Crippen molar-refractivity contribution in [2.45, 2.75) is 26.2 Å². The molecule has 0 fully saturated rings. The minimum atomic E-state index is -0.981. The first-order valence-electron chi connectivity index (χ1n) is 7.83. The molecular weight excluding hydrogens is 320 g/mol. The maximum atomic E-state index is 9.78. The van der Waals surface area contributed by atoms with Crippen molar-refractivity contribution >= 4 is 5.97 Å². The summed E-state index contributed by atoms with van der Waals surface area (Å²) in [7, 11) is 0. The van der Waals surface area contributed by atoms with Crippen LogP contribution in [-0.2, 0) is 10.2 Å². The van der Waals surface area contributed by atoms with Crippen LogP contribution < -0.4 is 4.74 Å². The van der Waals surface area contributed by atoms with Gasteiger partial charge in [0, 0.05) is 11.5 Å². The molecule has 0 atom stereocenters. The molecular formula is C20H24O5. The van der Waals surface area contributed by atoms with Crippen LogP contribution in [-0.4, -0.2) is 27.9 Å². The predicted molar refractivity (Wildman–Crippen MR) is 97.3 cm³/mol. The quantitative estimate of drug-likeness (QED) is 0.712. The molecule has 0 aromatic heterocycles. The van der Waals surface area contributed by atoms with E-state index >= 15 is 0 Å². The Kier molecular flexibility index (Phi) is 7.06. The van der Waals surface area contributed by atoms with Crippen molar-refractivity contribution in [1.82, 2.24) is 0 Å². The number of ether oxygens (including phenoxy) is 1. The second-order valence-corrected chi connectivity index (χ2v) is 5.83. The van der Waals surface area contributed by atoms with E-state index in [0.29, 0.717) is 12.4 Å². The van der Waals surface area contributed by atoms with Crippen molar-refractivity contribution in [2.24, 2.45) is 0 Å². The summed E-state index contributed by atoms with van der Waals surface area (Å²) in [4.78, 5) is 9.25. The zero-order valence-electron chi connectivity index (χ0n) is 14.7. The molecule has 0 heterocycles. The van der Waals surface area contributed by atoms with Gasteiger partial charge in [0.05, 0.1) is 6.61 Å². The zero-order valence-corrected chi connectivity index (χ0v) is 14.7. The summed E-state index contributed by atoms with van der Waals surface area (Å²) in [5.41, 5.74) is 1.89. The number of phenolic OH excluding ortho intramolecular Hbond substituents is 2. The number of aliphatic carboxylic acids is 1. The van der Waals surface area contributed by atoms with E-state index in [4.69, 9.17) is 9.84 Å². The fourth-order valence-corrected chi connectivity index (χ4v) is 2.22. The maximum Gasteiger partial charge on any atom is 0.327 e. The lowest BCUT2D eigenvalue weighted by Gasteiger charge is -2.26. The maximum absolute atomic E-state index is 9.78. The zero-order chi connectivity index (χ0) is 19.0. The first-order valence-corrected chi connectivity index (χ1v) is 7.83. The molecule has 0 radical (unpaired) electrons. The minimum Gasteiger partial charge on any atom is -0.508 e. The van der Waals surface area contributed by atoms with Crippen LogP contribution in [0.25, 0.3) is 0 Å².